The molecule has 1 unspecified atom stereocenters. The van der Waals surface area contributed by atoms with E-state index in [1.54, 1.807) is 6.07 Å². The van der Waals surface area contributed by atoms with Gasteiger partial charge in [0.15, 0.2) is 0 Å². The van der Waals surface area contributed by atoms with Crippen LogP contribution in [0.25, 0.3) is 0 Å². The number of nitrogens with one attached hydrogen (secondary N) is 2. The molecule has 1 aliphatic heterocycles. The summed E-state index contributed by atoms with van der Waals surface area (Å²) in [4.78, 5) is 12.0. The smallest absolute Gasteiger partial charge is 0.241 e. The van der Waals surface area contributed by atoms with Crippen LogP contribution < -0.4 is 10.6 Å². The fourth-order valence-corrected chi connectivity index (χ4v) is 2.35. The molecule has 0 aromatic heterocycles. The summed E-state index contributed by atoms with van der Waals surface area (Å²) in [5, 5.41) is 6.73. The van der Waals surface area contributed by atoms with Crippen LogP contribution in [0, 0.1) is 6.92 Å². The van der Waals surface area contributed by atoms with Crippen molar-refractivity contribution in [3.8, 4) is 0 Å². The first-order chi connectivity index (χ1) is 8.18. The fraction of sp³-hybridized carbons (Fsp3) is 0.462. The highest BCUT2D eigenvalue weighted by atomic mass is 35.5. The number of benzene rings is 1. The number of rotatable bonds is 2. The van der Waals surface area contributed by atoms with Crippen LogP contribution >= 0.6 is 11.6 Å². The average Bonchev–Trinajstić information content (AvgIpc) is 2.35. The Kier molecular flexibility index (Phi) is 4.02. The van der Waals surface area contributed by atoms with E-state index in [0.717, 1.165) is 37.1 Å². The van der Waals surface area contributed by atoms with Gasteiger partial charge in [-0.3, -0.25) is 4.79 Å². The topological polar surface area (TPSA) is 41.1 Å². The van der Waals surface area contributed by atoms with Crippen molar-refractivity contribution >= 4 is 23.2 Å². The first-order valence-electron chi connectivity index (χ1n) is 5.98. The van der Waals surface area contributed by atoms with Crippen molar-refractivity contribution in [1.29, 1.82) is 0 Å². The summed E-state index contributed by atoms with van der Waals surface area (Å²) < 4.78 is 0. The molecule has 2 N–H and O–H groups in total. The van der Waals surface area contributed by atoms with Gasteiger partial charge in [0.2, 0.25) is 5.91 Å². The number of hydrogen-bond acceptors (Lipinski definition) is 2. The third-order valence-electron chi connectivity index (χ3n) is 3.10. The molecule has 92 valence electrons. The molecule has 0 radical (unpaired) electrons. The zero-order valence-electron chi connectivity index (χ0n) is 9.92. The largest absolute Gasteiger partial charge is 0.323 e. The number of carbonyl (C=O) groups excluding carboxylic acids is 1. The van der Waals surface area contributed by atoms with Gasteiger partial charge >= 0.3 is 0 Å². The van der Waals surface area contributed by atoms with Gasteiger partial charge in [-0.15, -0.1) is 0 Å². The van der Waals surface area contributed by atoms with Crippen molar-refractivity contribution in [2.45, 2.75) is 32.2 Å². The van der Waals surface area contributed by atoms with Crippen molar-refractivity contribution < 1.29 is 4.79 Å². The van der Waals surface area contributed by atoms with E-state index in [9.17, 15) is 4.79 Å². The second-order valence-electron chi connectivity index (χ2n) is 4.42. The quantitative estimate of drug-likeness (QED) is 0.850. The normalized spacial score (nSPS) is 20.0. The molecular formula is C13H17ClN2O. The second-order valence-corrected chi connectivity index (χ2v) is 4.83. The molecule has 1 saturated heterocycles. The molecule has 1 fully saturated rings. The number of anilines is 1. The van der Waals surface area contributed by atoms with E-state index in [-0.39, 0.29) is 11.9 Å². The maximum atomic E-state index is 12.0. The number of para-hydroxylation sites is 1. The third kappa shape index (κ3) is 2.99. The number of halogens is 1. The monoisotopic (exact) mass is 252 g/mol. The highest BCUT2D eigenvalue weighted by Crippen LogP contribution is 2.25. The maximum Gasteiger partial charge on any atom is 0.241 e. The Bertz CT molecular complexity index is 394. The van der Waals surface area contributed by atoms with Gasteiger partial charge in [-0.1, -0.05) is 30.2 Å². The van der Waals surface area contributed by atoms with Crippen LogP contribution in [-0.4, -0.2) is 18.5 Å². The lowest BCUT2D eigenvalue weighted by Gasteiger charge is -2.23. The van der Waals surface area contributed by atoms with Gasteiger partial charge in [0.1, 0.15) is 0 Å². The SMILES string of the molecule is Cc1cccc(Cl)c1NC(=O)C1CCCCN1. The van der Waals surface area contributed by atoms with Crippen LogP contribution in [0.4, 0.5) is 5.69 Å². The first kappa shape index (κ1) is 12.4. The summed E-state index contributed by atoms with van der Waals surface area (Å²) >= 11 is 6.08. The maximum absolute atomic E-state index is 12.0. The molecule has 4 heteroatoms. The van der Waals surface area contributed by atoms with E-state index in [1.165, 1.54) is 0 Å². The zero-order valence-corrected chi connectivity index (χ0v) is 10.7. The highest BCUT2D eigenvalue weighted by Gasteiger charge is 2.21. The molecule has 1 atom stereocenters. The molecule has 1 heterocycles. The van der Waals surface area contributed by atoms with Gasteiger partial charge in [0.05, 0.1) is 16.8 Å². The van der Waals surface area contributed by atoms with Gasteiger partial charge in [0.25, 0.3) is 0 Å². The van der Waals surface area contributed by atoms with Crippen molar-refractivity contribution in [2.24, 2.45) is 0 Å². The van der Waals surface area contributed by atoms with Crippen LogP contribution in [0.15, 0.2) is 18.2 Å². The zero-order chi connectivity index (χ0) is 12.3. The van der Waals surface area contributed by atoms with Crippen LogP contribution in [0.2, 0.25) is 5.02 Å². The minimum absolute atomic E-state index is 0.0147. The minimum Gasteiger partial charge on any atom is -0.323 e. The third-order valence-corrected chi connectivity index (χ3v) is 3.41. The first-order valence-corrected chi connectivity index (χ1v) is 6.35. The molecule has 3 nitrogen and oxygen atoms in total. The molecular weight excluding hydrogens is 236 g/mol. The number of carbonyl (C=O) groups is 1. The van der Waals surface area contributed by atoms with Gasteiger partial charge < -0.3 is 10.6 Å². The van der Waals surface area contributed by atoms with E-state index in [4.69, 9.17) is 11.6 Å². The van der Waals surface area contributed by atoms with Crippen molar-refractivity contribution in [3.05, 3.63) is 28.8 Å². The van der Waals surface area contributed by atoms with Crippen molar-refractivity contribution in [2.75, 3.05) is 11.9 Å². The van der Waals surface area contributed by atoms with Gasteiger partial charge in [-0.2, -0.15) is 0 Å². The van der Waals surface area contributed by atoms with Crippen molar-refractivity contribution in [1.82, 2.24) is 5.32 Å². The van der Waals surface area contributed by atoms with Crippen LogP contribution in [0.3, 0.4) is 0 Å². The Morgan fingerprint density at radius 2 is 2.29 bits per heavy atom. The predicted octanol–water partition coefficient (Wildman–Crippen LogP) is 2.73. The molecule has 1 aliphatic rings. The summed E-state index contributed by atoms with van der Waals surface area (Å²) in [5.41, 5.74) is 1.72. The number of aryl methyl sites for hydroxylation is 1. The Labute approximate surface area is 107 Å². The number of hydrogen-bond donors (Lipinski definition) is 2. The summed E-state index contributed by atoms with van der Waals surface area (Å²) in [6.45, 7) is 2.86. The molecule has 1 aromatic carbocycles. The molecule has 0 aliphatic carbocycles. The predicted molar refractivity (Wildman–Crippen MR) is 70.5 cm³/mol. The van der Waals surface area contributed by atoms with E-state index >= 15 is 0 Å². The summed E-state index contributed by atoms with van der Waals surface area (Å²) in [7, 11) is 0. The lowest BCUT2D eigenvalue weighted by molar-refractivity contribution is -0.118. The highest BCUT2D eigenvalue weighted by molar-refractivity contribution is 6.34. The van der Waals surface area contributed by atoms with Gasteiger partial charge in [0, 0.05) is 0 Å². The Morgan fingerprint density at radius 3 is 2.94 bits per heavy atom. The summed E-state index contributed by atoms with van der Waals surface area (Å²) in [6.07, 6.45) is 3.15. The lowest BCUT2D eigenvalue weighted by Crippen LogP contribution is -2.43. The Morgan fingerprint density at radius 1 is 1.47 bits per heavy atom. The Hall–Kier alpha value is -1.06. The molecule has 0 saturated carbocycles. The molecule has 1 amide bonds. The summed E-state index contributed by atoms with van der Waals surface area (Å²) in [5.74, 6) is 0.0147. The van der Waals surface area contributed by atoms with E-state index in [2.05, 4.69) is 10.6 Å². The van der Waals surface area contributed by atoms with E-state index in [0.29, 0.717) is 5.02 Å². The van der Waals surface area contributed by atoms with E-state index in [1.807, 2.05) is 19.1 Å². The standard InChI is InChI=1S/C13H17ClN2O/c1-9-5-4-6-10(14)12(9)16-13(17)11-7-2-3-8-15-11/h4-6,11,15H,2-3,7-8H2,1H3,(H,16,17). The average molecular weight is 253 g/mol. The fourth-order valence-electron chi connectivity index (χ4n) is 2.08. The number of piperidine rings is 1. The van der Waals surface area contributed by atoms with Crippen molar-refractivity contribution in [3.63, 3.8) is 0 Å². The lowest BCUT2D eigenvalue weighted by atomic mass is 10.0. The summed E-state index contributed by atoms with van der Waals surface area (Å²) in [6, 6.07) is 5.53. The second kappa shape index (κ2) is 5.52. The molecule has 2 rings (SSSR count). The van der Waals surface area contributed by atoms with Crippen LogP contribution in [0.5, 0.6) is 0 Å². The number of amides is 1. The molecule has 0 spiro atoms. The van der Waals surface area contributed by atoms with E-state index < -0.39 is 0 Å². The Balaban J connectivity index is 2.07. The van der Waals surface area contributed by atoms with Crippen LogP contribution in [-0.2, 0) is 4.79 Å². The molecule has 1 aromatic rings. The molecule has 0 bridgehead atoms. The minimum atomic E-state index is -0.0839. The van der Waals surface area contributed by atoms with Gasteiger partial charge in [-0.25, -0.2) is 0 Å². The van der Waals surface area contributed by atoms with Crippen LogP contribution in [0.1, 0.15) is 24.8 Å². The van der Waals surface area contributed by atoms with Gasteiger partial charge in [-0.05, 0) is 37.9 Å². The molecule has 17 heavy (non-hydrogen) atoms.